The molecule has 1 aromatic heterocycles. The number of halogens is 1. The second kappa shape index (κ2) is 6.29. The Balaban J connectivity index is 1.77. The van der Waals surface area contributed by atoms with Gasteiger partial charge in [0.1, 0.15) is 0 Å². The summed E-state index contributed by atoms with van der Waals surface area (Å²) in [5.41, 5.74) is 3.42. The van der Waals surface area contributed by atoms with Gasteiger partial charge in [-0.15, -0.1) is 0 Å². The zero-order chi connectivity index (χ0) is 14.7. The fourth-order valence-corrected chi connectivity index (χ4v) is 2.82. The largest absolute Gasteiger partial charge is 0.384 e. The standard InChI is InChI=1S/C17H18ClN3/c1-19-10-12-3-2-4-13(12)11-21-16-7-8-20-17-9-14(18)5-6-15(16)17/h2-9,13,19H,10-11H2,1H3,(H,20,21). The number of nitrogens with zero attached hydrogens (tertiary/aromatic N) is 1. The maximum atomic E-state index is 6.02. The van der Waals surface area contributed by atoms with E-state index in [0.29, 0.717) is 10.9 Å². The van der Waals surface area contributed by atoms with Crippen LogP contribution in [0.1, 0.15) is 0 Å². The minimum atomic E-state index is 0.438. The Bertz CT molecular complexity index is 706. The average molecular weight is 300 g/mol. The summed E-state index contributed by atoms with van der Waals surface area (Å²) in [6, 6.07) is 7.82. The fourth-order valence-electron chi connectivity index (χ4n) is 2.65. The fraction of sp³-hybridized carbons (Fsp3) is 0.235. The summed E-state index contributed by atoms with van der Waals surface area (Å²) in [4.78, 5) is 4.37. The molecule has 0 fully saturated rings. The molecule has 0 radical (unpaired) electrons. The smallest absolute Gasteiger partial charge is 0.0737 e. The van der Waals surface area contributed by atoms with Crippen molar-refractivity contribution in [1.29, 1.82) is 0 Å². The summed E-state index contributed by atoms with van der Waals surface area (Å²) in [7, 11) is 1.98. The third-order valence-corrected chi connectivity index (χ3v) is 3.96. The number of hydrogen-bond acceptors (Lipinski definition) is 3. The first-order valence-electron chi connectivity index (χ1n) is 7.08. The van der Waals surface area contributed by atoms with Crippen molar-refractivity contribution in [3.63, 3.8) is 0 Å². The van der Waals surface area contributed by atoms with E-state index in [0.717, 1.165) is 29.7 Å². The number of rotatable bonds is 5. The lowest BCUT2D eigenvalue weighted by Gasteiger charge is -2.16. The van der Waals surface area contributed by atoms with Crippen molar-refractivity contribution in [2.45, 2.75) is 0 Å². The number of anilines is 1. The third kappa shape index (κ3) is 3.09. The van der Waals surface area contributed by atoms with Crippen molar-refractivity contribution in [3.05, 3.63) is 59.3 Å². The number of nitrogens with one attached hydrogen (secondary N) is 2. The van der Waals surface area contributed by atoms with Gasteiger partial charge in [-0.25, -0.2) is 0 Å². The molecule has 1 aliphatic rings. The Kier molecular flexibility index (Phi) is 4.23. The lowest BCUT2D eigenvalue weighted by molar-refractivity contribution is 0.742. The number of benzene rings is 1. The molecule has 2 aromatic rings. The molecule has 1 heterocycles. The second-order valence-electron chi connectivity index (χ2n) is 5.16. The molecule has 2 N–H and O–H groups in total. The number of fused-ring (bicyclic) bond motifs is 1. The van der Waals surface area contributed by atoms with Crippen LogP contribution >= 0.6 is 11.6 Å². The number of likely N-dealkylation sites (N-methyl/N-ethyl adjacent to an activating group) is 1. The minimum absolute atomic E-state index is 0.438. The number of allylic oxidation sites excluding steroid dienone is 2. The molecular weight excluding hydrogens is 282 g/mol. The van der Waals surface area contributed by atoms with Crippen molar-refractivity contribution in [2.75, 3.05) is 25.5 Å². The molecular formula is C17H18ClN3. The second-order valence-corrected chi connectivity index (χ2v) is 5.60. The third-order valence-electron chi connectivity index (χ3n) is 3.73. The van der Waals surface area contributed by atoms with Gasteiger partial charge in [-0.1, -0.05) is 29.8 Å². The van der Waals surface area contributed by atoms with Crippen molar-refractivity contribution < 1.29 is 0 Å². The van der Waals surface area contributed by atoms with E-state index in [1.165, 1.54) is 5.57 Å². The van der Waals surface area contributed by atoms with E-state index in [1.54, 1.807) is 0 Å². The van der Waals surface area contributed by atoms with E-state index < -0.39 is 0 Å². The highest BCUT2D eigenvalue weighted by Gasteiger charge is 2.14. The Morgan fingerprint density at radius 1 is 1.29 bits per heavy atom. The average Bonchev–Trinajstić information content (AvgIpc) is 2.92. The van der Waals surface area contributed by atoms with Crippen molar-refractivity contribution in [1.82, 2.24) is 10.3 Å². The first kappa shape index (κ1) is 14.1. The quantitative estimate of drug-likeness (QED) is 0.885. The summed E-state index contributed by atoms with van der Waals surface area (Å²) in [6.45, 7) is 1.80. The highest BCUT2D eigenvalue weighted by molar-refractivity contribution is 6.31. The Hall–Kier alpha value is -1.84. The maximum absolute atomic E-state index is 6.02. The molecule has 1 aliphatic carbocycles. The number of aromatic nitrogens is 1. The molecule has 0 saturated carbocycles. The molecule has 1 unspecified atom stereocenters. The zero-order valence-electron chi connectivity index (χ0n) is 11.9. The predicted octanol–water partition coefficient (Wildman–Crippen LogP) is 3.63. The van der Waals surface area contributed by atoms with Gasteiger partial charge in [0.2, 0.25) is 0 Å². The van der Waals surface area contributed by atoms with Crippen LogP contribution in [0.5, 0.6) is 0 Å². The first-order chi connectivity index (χ1) is 10.3. The normalized spacial score (nSPS) is 17.2. The number of hydrogen-bond donors (Lipinski definition) is 2. The highest BCUT2D eigenvalue weighted by atomic mass is 35.5. The van der Waals surface area contributed by atoms with Crippen LogP contribution in [-0.2, 0) is 0 Å². The van der Waals surface area contributed by atoms with Crippen LogP contribution in [0.25, 0.3) is 10.9 Å². The van der Waals surface area contributed by atoms with E-state index in [9.17, 15) is 0 Å². The maximum Gasteiger partial charge on any atom is 0.0737 e. The van der Waals surface area contributed by atoms with E-state index in [1.807, 2.05) is 37.5 Å². The van der Waals surface area contributed by atoms with Crippen LogP contribution < -0.4 is 10.6 Å². The van der Waals surface area contributed by atoms with Crippen molar-refractivity contribution in [2.24, 2.45) is 5.92 Å². The SMILES string of the molecule is CNCC1=CC=CC1CNc1ccnc2cc(Cl)ccc12. The summed E-state index contributed by atoms with van der Waals surface area (Å²) in [5.74, 6) is 0.438. The minimum Gasteiger partial charge on any atom is -0.384 e. The topological polar surface area (TPSA) is 37.0 Å². The zero-order valence-corrected chi connectivity index (χ0v) is 12.7. The van der Waals surface area contributed by atoms with Gasteiger partial charge in [-0.05, 0) is 36.9 Å². The van der Waals surface area contributed by atoms with Crippen LogP contribution in [0.15, 0.2) is 54.3 Å². The number of pyridine rings is 1. The Morgan fingerprint density at radius 2 is 2.19 bits per heavy atom. The van der Waals surface area contributed by atoms with Gasteiger partial charge in [0, 0.05) is 41.3 Å². The summed E-state index contributed by atoms with van der Waals surface area (Å²) in [6.07, 6.45) is 8.37. The van der Waals surface area contributed by atoms with Crippen LogP contribution in [0.4, 0.5) is 5.69 Å². The molecule has 4 heteroatoms. The summed E-state index contributed by atoms with van der Waals surface area (Å²) in [5, 5.41) is 8.56. The molecule has 1 aromatic carbocycles. The van der Waals surface area contributed by atoms with E-state index >= 15 is 0 Å². The van der Waals surface area contributed by atoms with Gasteiger partial charge in [0.05, 0.1) is 5.52 Å². The molecule has 0 amide bonds. The lowest BCUT2D eigenvalue weighted by atomic mass is 10.0. The molecule has 0 spiro atoms. The van der Waals surface area contributed by atoms with Gasteiger partial charge in [0.25, 0.3) is 0 Å². The molecule has 3 nitrogen and oxygen atoms in total. The lowest BCUT2D eigenvalue weighted by Crippen LogP contribution is -2.20. The summed E-state index contributed by atoms with van der Waals surface area (Å²) >= 11 is 6.02. The van der Waals surface area contributed by atoms with Crippen LogP contribution in [0.3, 0.4) is 0 Å². The molecule has 0 aliphatic heterocycles. The summed E-state index contributed by atoms with van der Waals surface area (Å²) < 4.78 is 0. The molecule has 3 rings (SSSR count). The Morgan fingerprint density at radius 3 is 3.05 bits per heavy atom. The van der Waals surface area contributed by atoms with E-state index in [2.05, 4.69) is 33.8 Å². The van der Waals surface area contributed by atoms with Gasteiger partial charge in [-0.2, -0.15) is 0 Å². The molecule has 1 atom stereocenters. The molecule has 108 valence electrons. The van der Waals surface area contributed by atoms with E-state index in [4.69, 9.17) is 11.6 Å². The first-order valence-corrected chi connectivity index (χ1v) is 7.46. The monoisotopic (exact) mass is 299 g/mol. The highest BCUT2D eigenvalue weighted by Crippen LogP contribution is 2.26. The van der Waals surface area contributed by atoms with Gasteiger partial charge >= 0.3 is 0 Å². The van der Waals surface area contributed by atoms with Crippen LogP contribution in [0, 0.1) is 5.92 Å². The van der Waals surface area contributed by atoms with Crippen LogP contribution in [-0.4, -0.2) is 25.1 Å². The van der Waals surface area contributed by atoms with Crippen LogP contribution in [0.2, 0.25) is 5.02 Å². The Labute approximate surface area is 129 Å². The van der Waals surface area contributed by atoms with Crippen molar-refractivity contribution >= 4 is 28.2 Å². The van der Waals surface area contributed by atoms with Gasteiger partial charge in [-0.3, -0.25) is 4.98 Å². The van der Waals surface area contributed by atoms with E-state index in [-0.39, 0.29) is 0 Å². The molecule has 21 heavy (non-hydrogen) atoms. The van der Waals surface area contributed by atoms with Gasteiger partial charge in [0.15, 0.2) is 0 Å². The predicted molar refractivity (Wildman–Crippen MR) is 89.9 cm³/mol. The molecule has 0 saturated heterocycles. The van der Waals surface area contributed by atoms with Gasteiger partial charge < -0.3 is 10.6 Å². The van der Waals surface area contributed by atoms with Crippen molar-refractivity contribution in [3.8, 4) is 0 Å². The molecule has 0 bridgehead atoms.